The lowest BCUT2D eigenvalue weighted by molar-refractivity contribution is 0.391. The van der Waals surface area contributed by atoms with Crippen molar-refractivity contribution in [1.82, 2.24) is 4.98 Å². The van der Waals surface area contributed by atoms with Crippen molar-refractivity contribution < 1.29 is 18.3 Å². The third kappa shape index (κ3) is 4.63. The number of nitrogens with zero attached hydrogens (tertiary/aromatic N) is 2. The average Bonchev–Trinajstić information content (AvgIpc) is 3.20. The molecule has 0 N–H and O–H groups in total. The van der Waals surface area contributed by atoms with Crippen molar-refractivity contribution in [2.45, 2.75) is 11.4 Å². The van der Waals surface area contributed by atoms with E-state index in [0.29, 0.717) is 23.2 Å². The summed E-state index contributed by atoms with van der Waals surface area (Å²) in [5.41, 5.74) is 0.856. The highest BCUT2D eigenvalue weighted by Crippen LogP contribution is 2.37. The van der Waals surface area contributed by atoms with E-state index in [1.165, 1.54) is 17.4 Å². The quantitative estimate of drug-likeness (QED) is 0.350. The van der Waals surface area contributed by atoms with Crippen LogP contribution in [0.15, 0.2) is 46.8 Å². The zero-order chi connectivity index (χ0) is 19.4. The Morgan fingerprint density at radius 2 is 1.96 bits per heavy atom. The van der Waals surface area contributed by atoms with Crippen LogP contribution in [0.5, 0.6) is 11.5 Å². The second-order valence-electron chi connectivity index (χ2n) is 5.32. The van der Waals surface area contributed by atoms with Gasteiger partial charge in [0.25, 0.3) is 0 Å². The summed E-state index contributed by atoms with van der Waals surface area (Å²) in [5, 5.41) is 2.35. The highest BCUT2D eigenvalue weighted by atomic mass is 35.5. The largest absolute Gasteiger partial charge is 0.497 e. The maximum atomic E-state index is 14.2. The van der Waals surface area contributed by atoms with Crippen molar-refractivity contribution >= 4 is 40.0 Å². The fraction of sp³-hybridized carbons (Fsp3) is 0.167. The molecule has 0 bridgehead atoms. The number of aromatic nitrogens is 1. The Morgan fingerprint density at radius 1 is 1.15 bits per heavy atom. The van der Waals surface area contributed by atoms with Crippen molar-refractivity contribution in [1.29, 1.82) is 0 Å². The molecule has 0 fully saturated rings. The Bertz CT molecular complexity index is 926. The molecule has 0 aliphatic carbocycles. The number of halogens is 3. The first-order valence-corrected chi connectivity index (χ1v) is 9.75. The minimum Gasteiger partial charge on any atom is -0.497 e. The van der Waals surface area contributed by atoms with Gasteiger partial charge in [0.1, 0.15) is 23.1 Å². The van der Waals surface area contributed by atoms with Crippen LogP contribution in [0, 0.1) is 11.6 Å². The minimum absolute atomic E-state index is 0.139. The summed E-state index contributed by atoms with van der Waals surface area (Å²) in [7, 11) is 3.14. The first-order chi connectivity index (χ1) is 13.0. The lowest BCUT2D eigenvalue weighted by Gasteiger charge is -2.22. The first kappa shape index (κ1) is 19.7. The normalized spacial score (nSPS) is 10.7. The van der Waals surface area contributed by atoms with Crippen LogP contribution in [0.25, 0.3) is 0 Å². The number of ether oxygens (including phenoxy) is 2. The van der Waals surface area contributed by atoms with Crippen LogP contribution in [0.1, 0.15) is 5.56 Å². The molecule has 3 rings (SSSR count). The van der Waals surface area contributed by atoms with Crippen molar-refractivity contribution in [3.8, 4) is 11.5 Å². The van der Waals surface area contributed by atoms with Gasteiger partial charge in [0.15, 0.2) is 5.13 Å². The van der Waals surface area contributed by atoms with Crippen LogP contribution >= 0.6 is 34.9 Å². The molecule has 0 unspecified atom stereocenters. The molecular formula is C18H15ClF2N2O2S2. The van der Waals surface area contributed by atoms with Crippen LogP contribution in [0.4, 0.5) is 13.9 Å². The lowest BCUT2D eigenvalue weighted by Crippen LogP contribution is -2.14. The summed E-state index contributed by atoms with van der Waals surface area (Å²) in [5.74, 6) is -0.184. The summed E-state index contributed by atoms with van der Waals surface area (Å²) in [6.45, 7) is 0.375. The third-order valence-electron chi connectivity index (χ3n) is 3.62. The summed E-state index contributed by atoms with van der Waals surface area (Å²) in [6, 6.07) is 7.50. The number of benzene rings is 2. The zero-order valence-corrected chi connectivity index (χ0v) is 16.8. The number of anilines is 1. The molecule has 27 heavy (non-hydrogen) atoms. The fourth-order valence-electron chi connectivity index (χ4n) is 2.31. The summed E-state index contributed by atoms with van der Waals surface area (Å²) >= 11 is 8.31. The van der Waals surface area contributed by atoms with E-state index >= 15 is 0 Å². The molecule has 0 aliphatic heterocycles. The van der Waals surface area contributed by atoms with Gasteiger partial charge in [-0.2, -0.15) is 0 Å². The van der Waals surface area contributed by atoms with Crippen LogP contribution in [0.2, 0.25) is 5.02 Å². The maximum absolute atomic E-state index is 14.2. The molecule has 2 aromatic carbocycles. The number of rotatable bonds is 7. The predicted octanol–water partition coefficient (Wildman–Crippen LogP) is 5.81. The monoisotopic (exact) mass is 428 g/mol. The minimum atomic E-state index is -0.795. The SMILES string of the molecule is COc1ccc(CN(Sc2cc(Cl)c(F)cc2F)c2nccs2)c(OC)c1. The molecular weight excluding hydrogens is 414 g/mol. The van der Waals surface area contributed by atoms with E-state index < -0.39 is 11.6 Å². The van der Waals surface area contributed by atoms with Gasteiger partial charge in [-0.25, -0.2) is 13.8 Å². The van der Waals surface area contributed by atoms with Crippen molar-refractivity contribution in [2.75, 3.05) is 18.5 Å². The van der Waals surface area contributed by atoms with Crippen LogP contribution < -0.4 is 13.8 Å². The zero-order valence-electron chi connectivity index (χ0n) is 14.4. The van der Waals surface area contributed by atoms with E-state index in [4.69, 9.17) is 21.1 Å². The number of methoxy groups -OCH3 is 2. The Balaban J connectivity index is 1.93. The topological polar surface area (TPSA) is 34.6 Å². The van der Waals surface area contributed by atoms with Gasteiger partial charge in [-0.15, -0.1) is 11.3 Å². The van der Waals surface area contributed by atoms with Gasteiger partial charge in [0.2, 0.25) is 0 Å². The van der Waals surface area contributed by atoms with Gasteiger partial charge < -0.3 is 9.47 Å². The van der Waals surface area contributed by atoms with Gasteiger partial charge in [0, 0.05) is 29.3 Å². The summed E-state index contributed by atoms with van der Waals surface area (Å²) in [6.07, 6.45) is 1.66. The van der Waals surface area contributed by atoms with Crippen LogP contribution in [-0.2, 0) is 6.54 Å². The molecule has 4 nitrogen and oxygen atoms in total. The number of hydrogen-bond acceptors (Lipinski definition) is 6. The Kier molecular flexibility index (Phi) is 6.41. The molecule has 0 aliphatic rings. The average molecular weight is 429 g/mol. The molecule has 1 heterocycles. The molecule has 142 valence electrons. The molecule has 0 saturated heterocycles. The molecule has 1 aromatic heterocycles. The third-order valence-corrected chi connectivity index (χ3v) is 5.86. The first-order valence-electron chi connectivity index (χ1n) is 7.72. The Hall–Kier alpha value is -2.03. The second kappa shape index (κ2) is 8.77. The molecule has 0 atom stereocenters. The van der Waals surface area contributed by atoms with E-state index in [0.717, 1.165) is 23.6 Å². The molecule has 0 saturated carbocycles. The van der Waals surface area contributed by atoms with E-state index in [2.05, 4.69) is 4.98 Å². The Morgan fingerprint density at radius 3 is 2.63 bits per heavy atom. The highest BCUT2D eigenvalue weighted by molar-refractivity contribution is 8.00. The van der Waals surface area contributed by atoms with E-state index in [9.17, 15) is 8.78 Å². The van der Waals surface area contributed by atoms with Gasteiger partial charge in [-0.3, -0.25) is 4.31 Å². The Labute approximate surface area is 168 Å². The van der Waals surface area contributed by atoms with E-state index in [1.807, 2.05) is 17.5 Å². The van der Waals surface area contributed by atoms with Crippen molar-refractivity contribution in [2.24, 2.45) is 0 Å². The summed E-state index contributed by atoms with van der Waals surface area (Å²) < 4.78 is 40.1. The maximum Gasteiger partial charge on any atom is 0.195 e. The van der Waals surface area contributed by atoms with E-state index in [1.54, 1.807) is 30.8 Å². The standard InChI is InChI=1S/C18H15ClF2N2O2S2/c1-24-12-4-3-11(16(7-12)25-2)10-23(18-22-5-6-26-18)27-17-8-13(19)14(20)9-15(17)21/h3-9H,10H2,1-2H3. The van der Waals surface area contributed by atoms with Crippen molar-refractivity contribution in [3.05, 3.63) is 64.1 Å². The molecule has 0 amide bonds. The van der Waals surface area contributed by atoms with Gasteiger partial charge >= 0.3 is 0 Å². The molecule has 0 spiro atoms. The van der Waals surface area contributed by atoms with Gasteiger partial charge in [-0.1, -0.05) is 11.6 Å². The lowest BCUT2D eigenvalue weighted by atomic mass is 10.2. The van der Waals surface area contributed by atoms with Gasteiger partial charge in [-0.05, 0) is 30.1 Å². The molecule has 9 heteroatoms. The van der Waals surface area contributed by atoms with Crippen LogP contribution in [-0.4, -0.2) is 19.2 Å². The highest BCUT2D eigenvalue weighted by Gasteiger charge is 2.18. The number of hydrogen-bond donors (Lipinski definition) is 0. The van der Waals surface area contributed by atoms with Crippen molar-refractivity contribution in [3.63, 3.8) is 0 Å². The van der Waals surface area contributed by atoms with Gasteiger partial charge in [0.05, 0.1) is 30.7 Å². The van der Waals surface area contributed by atoms with Crippen LogP contribution in [0.3, 0.4) is 0 Å². The summed E-state index contributed by atoms with van der Waals surface area (Å²) in [4.78, 5) is 4.49. The molecule has 0 radical (unpaired) electrons. The second-order valence-corrected chi connectivity index (χ2v) is 7.66. The smallest absolute Gasteiger partial charge is 0.195 e. The van der Waals surface area contributed by atoms with E-state index in [-0.39, 0.29) is 9.92 Å². The molecule has 3 aromatic rings. The fourth-order valence-corrected chi connectivity index (χ4v) is 4.21. The predicted molar refractivity (Wildman–Crippen MR) is 105 cm³/mol. The number of thiazole rings is 1.